The van der Waals surface area contributed by atoms with Crippen molar-refractivity contribution in [2.75, 3.05) is 11.9 Å². The van der Waals surface area contributed by atoms with E-state index in [1.54, 1.807) is 18.2 Å². The van der Waals surface area contributed by atoms with Crippen LogP contribution in [0.4, 0.5) is 5.69 Å². The highest BCUT2D eigenvalue weighted by Crippen LogP contribution is 2.47. The third-order valence-electron chi connectivity index (χ3n) is 5.10. The van der Waals surface area contributed by atoms with E-state index in [2.05, 4.69) is 24.5 Å². The summed E-state index contributed by atoms with van der Waals surface area (Å²) in [6, 6.07) is 7.11. The van der Waals surface area contributed by atoms with E-state index in [-0.39, 0.29) is 24.3 Å². The maximum Gasteiger partial charge on any atom is 0.261 e. The number of nitrogens with one attached hydrogen (secondary N) is 2. The van der Waals surface area contributed by atoms with Gasteiger partial charge in [0.25, 0.3) is 5.91 Å². The Morgan fingerprint density at radius 3 is 2.78 bits per heavy atom. The van der Waals surface area contributed by atoms with Gasteiger partial charge in [0.2, 0.25) is 5.91 Å². The lowest BCUT2D eigenvalue weighted by Crippen LogP contribution is -2.39. The lowest BCUT2D eigenvalue weighted by Gasteiger charge is -2.24. The molecule has 1 aromatic carbocycles. The van der Waals surface area contributed by atoms with Crippen LogP contribution in [0.5, 0.6) is 0 Å². The van der Waals surface area contributed by atoms with Gasteiger partial charge in [0.1, 0.15) is 0 Å². The quantitative estimate of drug-likeness (QED) is 0.752. The first kappa shape index (κ1) is 16.0. The summed E-state index contributed by atoms with van der Waals surface area (Å²) in [5.74, 6) is 0.202. The average Bonchev–Trinajstić information content (AvgIpc) is 3.29. The number of hydrogen-bond acceptors (Lipinski definition) is 3. The number of amides is 2. The molecule has 23 heavy (non-hydrogen) atoms. The van der Waals surface area contributed by atoms with Gasteiger partial charge in [-0.05, 0) is 30.2 Å². The van der Waals surface area contributed by atoms with Gasteiger partial charge in [0.15, 0.2) is 5.60 Å². The van der Waals surface area contributed by atoms with Gasteiger partial charge in [-0.25, -0.2) is 0 Å². The third kappa shape index (κ3) is 3.11. The summed E-state index contributed by atoms with van der Waals surface area (Å²) >= 11 is 0. The molecule has 2 amide bonds. The van der Waals surface area contributed by atoms with Crippen molar-refractivity contribution in [2.24, 2.45) is 11.3 Å². The van der Waals surface area contributed by atoms with Gasteiger partial charge in [-0.3, -0.25) is 9.59 Å². The first-order valence-corrected chi connectivity index (χ1v) is 8.23. The highest BCUT2D eigenvalue weighted by molar-refractivity contribution is 6.04. The predicted octanol–water partition coefficient (Wildman–Crippen LogP) is 2.16. The Morgan fingerprint density at radius 1 is 1.39 bits per heavy atom. The molecule has 0 aromatic heterocycles. The zero-order chi connectivity index (χ0) is 16.7. The molecule has 1 unspecified atom stereocenters. The van der Waals surface area contributed by atoms with E-state index in [1.807, 2.05) is 6.07 Å². The maximum absolute atomic E-state index is 12.1. The number of benzene rings is 1. The molecule has 0 radical (unpaired) electrons. The second kappa shape index (κ2) is 5.64. The molecule has 0 spiro atoms. The van der Waals surface area contributed by atoms with Crippen LogP contribution < -0.4 is 10.6 Å². The molecule has 1 aliphatic carbocycles. The van der Waals surface area contributed by atoms with Gasteiger partial charge in [-0.2, -0.15) is 0 Å². The number of fused-ring (bicyclic) bond motifs is 1. The Kier molecular flexibility index (Phi) is 3.92. The van der Waals surface area contributed by atoms with E-state index in [1.165, 1.54) is 12.8 Å². The standard InChI is InChI=1S/C18H24N2O3/c1-17(2,12-7-8-12)11-15(21)19-10-9-18(23)13-5-3-4-6-14(13)20-16(18)22/h3-6,12,23H,7-11H2,1-2H3,(H,19,21)(H,20,22). The van der Waals surface area contributed by atoms with Crippen LogP contribution in [0.25, 0.3) is 0 Å². The molecular formula is C18H24N2O3. The monoisotopic (exact) mass is 316 g/mol. The van der Waals surface area contributed by atoms with Crippen LogP contribution in [-0.4, -0.2) is 23.5 Å². The van der Waals surface area contributed by atoms with Gasteiger partial charge in [-0.1, -0.05) is 32.0 Å². The number of anilines is 1. The highest BCUT2D eigenvalue weighted by atomic mass is 16.3. The third-order valence-corrected chi connectivity index (χ3v) is 5.10. The first-order valence-electron chi connectivity index (χ1n) is 8.23. The first-order chi connectivity index (χ1) is 10.8. The van der Waals surface area contributed by atoms with Crippen LogP contribution in [0.2, 0.25) is 0 Å². The van der Waals surface area contributed by atoms with E-state index >= 15 is 0 Å². The molecule has 5 heteroatoms. The SMILES string of the molecule is CC(C)(CC(=O)NCCC1(O)C(=O)Nc2ccccc21)C1CC1. The largest absolute Gasteiger partial charge is 0.375 e. The Hall–Kier alpha value is -1.88. The van der Waals surface area contributed by atoms with Gasteiger partial charge < -0.3 is 15.7 Å². The van der Waals surface area contributed by atoms with Crippen molar-refractivity contribution in [1.82, 2.24) is 5.32 Å². The molecule has 124 valence electrons. The minimum Gasteiger partial charge on any atom is -0.375 e. The van der Waals surface area contributed by atoms with Crippen LogP contribution in [0.1, 0.15) is 45.1 Å². The normalized spacial score (nSPS) is 23.3. The Bertz CT molecular complexity index is 637. The molecule has 1 aliphatic heterocycles. The van der Waals surface area contributed by atoms with Crippen molar-refractivity contribution in [1.29, 1.82) is 0 Å². The van der Waals surface area contributed by atoms with Crippen molar-refractivity contribution < 1.29 is 14.7 Å². The van der Waals surface area contributed by atoms with Gasteiger partial charge in [-0.15, -0.1) is 0 Å². The van der Waals surface area contributed by atoms with Crippen molar-refractivity contribution >= 4 is 17.5 Å². The molecule has 0 saturated heterocycles. The fraction of sp³-hybridized carbons (Fsp3) is 0.556. The van der Waals surface area contributed by atoms with E-state index in [0.717, 1.165) is 0 Å². The summed E-state index contributed by atoms with van der Waals surface area (Å²) in [5.41, 5.74) is -0.312. The zero-order valence-electron chi connectivity index (χ0n) is 13.7. The Morgan fingerprint density at radius 2 is 2.09 bits per heavy atom. The van der Waals surface area contributed by atoms with Crippen molar-refractivity contribution in [3.8, 4) is 0 Å². The maximum atomic E-state index is 12.1. The number of carbonyl (C=O) groups is 2. The van der Waals surface area contributed by atoms with Gasteiger partial charge in [0.05, 0.1) is 0 Å². The van der Waals surface area contributed by atoms with Crippen molar-refractivity contribution in [3.63, 3.8) is 0 Å². The average molecular weight is 316 g/mol. The lowest BCUT2D eigenvalue weighted by atomic mass is 9.83. The summed E-state index contributed by atoms with van der Waals surface area (Å²) in [5, 5.41) is 16.2. The molecular weight excluding hydrogens is 292 g/mol. The van der Waals surface area contributed by atoms with Crippen LogP contribution in [0.15, 0.2) is 24.3 Å². The van der Waals surface area contributed by atoms with Crippen molar-refractivity contribution in [2.45, 2.75) is 45.1 Å². The van der Waals surface area contributed by atoms with E-state index in [4.69, 9.17) is 0 Å². The fourth-order valence-electron chi connectivity index (χ4n) is 3.42. The number of aliphatic hydroxyl groups is 1. The Labute approximate surface area is 136 Å². The number of rotatable bonds is 6. The smallest absolute Gasteiger partial charge is 0.261 e. The lowest BCUT2D eigenvalue weighted by molar-refractivity contribution is -0.135. The van der Waals surface area contributed by atoms with Crippen molar-refractivity contribution in [3.05, 3.63) is 29.8 Å². The summed E-state index contributed by atoms with van der Waals surface area (Å²) in [6.45, 7) is 4.52. The molecule has 0 bridgehead atoms. The van der Waals surface area contributed by atoms with Gasteiger partial charge in [0, 0.05) is 30.6 Å². The molecule has 1 heterocycles. The van der Waals surface area contributed by atoms with E-state index < -0.39 is 11.5 Å². The number of carbonyl (C=O) groups excluding carboxylic acids is 2. The molecule has 1 saturated carbocycles. The summed E-state index contributed by atoms with van der Waals surface area (Å²) in [4.78, 5) is 24.2. The van der Waals surface area contributed by atoms with Crippen LogP contribution in [-0.2, 0) is 15.2 Å². The van der Waals surface area contributed by atoms with E-state index in [0.29, 0.717) is 23.6 Å². The van der Waals surface area contributed by atoms with Crippen LogP contribution in [0, 0.1) is 11.3 Å². The zero-order valence-corrected chi connectivity index (χ0v) is 13.7. The predicted molar refractivity (Wildman–Crippen MR) is 87.7 cm³/mol. The summed E-state index contributed by atoms with van der Waals surface area (Å²) < 4.78 is 0. The minimum absolute atomic E-state index is 0.0165. The molecule has 1 atom stereocenters. The second-order valence-corrected chi connectivity index (χ2v) is 7.40. The molecule has 1 aromatic rings. The van der Waals surface area contributed by atoms with Crippen LogP contribution >= 0.6 is 0 Å². The molecule has 1 fully saturated rings. The highest BCUT2D eigenvalue weighted by Gasteiger charge is 2.44. The molecule has 5 nitrogen and oxygen atoms in total. The summed E-state index contributed by atoms with van der Waals surface area (Å²) in [7, 11) is 0. The van der Waals surface area contributed by atoms with Gasteiger partial charge >= 0.3 is 0 Å². The molecule has 3 N–H and O–H groups in total. The second-order valence-electron chi connectivity index (χ2n) is 7.40. The Balaban J connectivity index is 1.56. The summed E-state index contributed by atoms with van der Waals surface area (Å²) in [6.07, 6.45) is 3.07. The minimum atomic E-state index is -1.56. The number of para-hydroxylation sites is 1. The number of hydrogen-bond donors (Lipinski definition) is 3. The fourth-order valence-corrected chi connectivity index (χ4v) is 3.42. The topological polar surface area (TPSA) is 78.4 Å². The molecule has 3 rings (SSSR count). The molecule has 2 aliphatic rings. The van der Waals surface area contributed by atoms with E-state index in [9.17, 15) is 14.7 Å². The van der Waals surface area contributed by atoms with Crippen LogP contribution in [0.3, 0.4) is 0 Å².